The van der Waals surface area contributed by atoms with E-state index in [1.54, 1.807) is 0 Å². The van der Waals surface area contributed by atoms with E-state index >= 15 is 0 Å². The highest BCUT2D eigenvalue weighted by molar-refractivity contribution is 6.31. The van der Waals surface area contributed by atoms with E-state index in [2.05, 4.69) is 20.9 Å². The summed E-state index contributed by atoms with van der Waals surface area (Å²) in [6, 6.07) is 5.02. The Bertz CT molecular complexity index is 1640. The zero-order valence-corrected chi connectivity index (χ0v) is 21.3. The third-order valence-corrected chi connectivity index (χ3v) is 6.61. The van der Waals surface area contributed by atoms with E-state index in [1.807, 2.05) is 0 Å². The Morgan fingerprint density at radius 1 is 1.00 bits per heavy atom. The molecule has 220 valence electrons. The second-order valence-corrected chi connectivity index (χ2v) is 9.56. The number of alkyl halides is 6. The fourth-order valence-electron chi connectivity index (χ4n) is 4.39. The molecule has 0 spiro atoms. The zero-order chi connectivity index (χ0) is 30.6. The maximum atomic E-state index is 14.1. The minimum atomic E-state index is -4.98. The molecular weight excluding hydrogens is 604 g/mol. The number of nitrogens with one attached hydrogen (secondary N) is 3. The largest absolute Gasteiger partial charge is 0.450 e. The van der Waals surface area contributed by atoms with E-state index < -0.39 is 71.6 Å². The van der Waals surface area contributed by atoms with Gasteiger partial charge in [0.2, 0.25) is 6.10 Å². The number of carbonyl (C=O) groups is 2. The summed E-state index contributed by atoms with van der Waals surface area (Å²) in [5.41, 5.74) is -2.62. The van der Waals surface area contributed by atoms with E-state index in [4.69, 9.17) is 16.3 Å². The van der Waals surface area contributed by atoms with Crippen molar-refractivity contribution in [1.29, 1.82) is 0 Å². The van der Waals surface area contributed by atoms with Crippen LogP contribution >= 0.6 is 11.6 Å². The maximum Gasteiger partial charge on any atom is 0.427 e. The van der Waals surface area contributed by atoms with Crippen molar-refractivity contribution in [2.75, 3.05) is 17.2 Å². The third-order valence-electron chi connectivity index (χ3n) is 6.26. The molecule has 5 rings (SSSR count). The fraction of sp³-hybridized carbons (Fsp3) is 0.192. The number of benzene rings is 3. The molecule has 16 heteroatoms. The van der Waals surface area contributed by atoms with Crippen LogP contribution in [0.5, 0.6) is 0 Å². The highest BCUT2D eigenvalue weighted by Crippen LogP contribution is 2.41. The second-order valence-electron chi connectivity index (χ2n) is 9.16. The van der Waals surface area contributed by atoms with Gasteiger partial charge in [-0.3, -0.25) is 9.59 Å². The summed E-state index contributed by atoms with van der Waals surface area (Å²) < 4.78 is 112. The Labute approximate surface area is 235 Å². The molecule has 0 unspecified atom stereocenters. The summed E-state index contributed by atoms with van der Waals surface area (Å²) in [6.07, 6.45) is -11.9. The van der Waals surface area contributed by atoms with Crippen molar-refractivity contribution in [1.82, 2.24) is 5.32 Å². The molecule has 0 radical (unpaired) electrons. The van der Waals surface area contributed by atoms with Crippen LogP contribution in [0, 0.1) is 11.6 Å². The number of anilines is 2. The number of halogens is 9. The summed E-state index contributed by atoms with van der Waals surface area (Å²) in [5, 5.41) is 7.35. The molecule has 0 saturated carbocycles. The molecule has 2 amide bonds. The maximum absolute atomic E-state index is 14.1. The van der Waals surface area contributed by atoms with Crippen molar-refractivity contribution in [2.45, 2.75) is 24.5 Å². The molecular formula is C26H15ClF8N4O3. The van der Waals surface area contributed by atoms with Crippen molar-refractivity contribution in [2.24, 2.45) is 4.99 Å². The number of rotatable bonds is 4. The molecule has 2 aliphatic rings. The normalized spacial score (nSPS) is 18.2. The van der Waals surface area contributed by atoms with Gasteiger partial charge >= 0.3 is 12.4 Å². The SMILES string of the molecule is O=C(Nc1cc(NC2=NC[C@H](C(F)(F)F)O2)cc2c1[C@@H](c1cc(F)ccc1Cl)NC2=O)c1cc(F)cc(C(F)(F)F)c1. The molecule has 2 heterocycles. The van der Waals surface area contributed by atoms with E-state index in [0.717, 1.165) is 18.2 Å². The van der Waals surface area contributed by atoms with Gasteiger partial charge in [-0.05, 0) is 48.5 Å². The lowest BCUT2D eigenvalue weighted by atomic mass is 9.95. The molecule has 0 saturated heterocycles. The lowest BCUT2D eigenvalue weighted by Crippen LogP contribution is -2.33. The second kappa shape index (κ2) is 10.5. The van der Waals surface area contributed by atoms with Crippen LogP contribution in [-0.4, -0.2) is 36.7 Å². The van der Waals surface area contributed by atoms with E-state index in [0.29, 0.717) is 12.1 Å². The highest BCUT2D eigenvalue weighted by Gasteiger charge is 2.45. The molecule has 0 aromatic heterocycles. The highest BCUT2D eigenvalue weighted by atomic mass is 35.5. The smallest absolute Gasteiger partial charge is 0.427 e. The number of hydrogen-bond acceptors (Lipinski definition) is 5. The summed E-state index contributed by atoms with van der Waals surface area (Å²) >= 11 is 6.23. The van der Waals surface area contributed by atoms with Crippen molar-refractivity contribution in [3.05, 3.63) is 93.0 Å². The Morgan fingerprint density at radius 3 is 2.40 bits per heavy atom. The minimum absolute atomic E-state index is 0.00120. The van der Waals surface area contributed by atoms with Crippen LogP contribution in [0.3, 0.4) is 0 Å². The molecule has 2 atom stereocenters. The van der Waals surface area contributed by atoms with Gasteiger partial charge in [-0.25, -0.2) is 13.8 Å². The van der Waals surface area contributed by atoms with Gasteiger partial charge in [-0.1, -0.05) is 11.6 Å². The lowest BCUT2D eigenvalue weighted by molar-refractivity contribution is -0.190. The molecule has 42 heavy (non-hydrogen) atoms. The summed E-state index contributed by atoms with van der Waals surface area (Å²) in [5.74, 6) is -4.07. The van der Waals surface area contributed by atoms with Crippen LogP contribution in [0.2, 0.25) is 5.02 Å². The van der Waals surface area contributed by atoms with E-state index in [9.17, 15) is 44.7 Å². The number of amidine groups is 1. The van der Waals surface area contributed by atoms with E-state index in [1.165, 1.54) is 12.1 Å². The Kier molecular flexibility index (Phi) is 7.25. The van der Waals surface area contributed by atoms with Gasteiger partial charge in [-0.2, -0.15) is 26.3 Å². The van der Waals surface area contributed by atoms with Gasteiger partial charge in [-0.15, -0.1) is 0 Å². The zero-order valence-electron chi connectivity index (χ0n) is 20.6. The first kappa shape index (κ1) is 29.1. The van der Waals surface area contributed by atoms with Crippen molar-refractivity contribution < 1.29 is 49.4 Å². The Hall–Kier alpha value is -4.40. The van der Waals surface area contributed by atoms with Crippen LogP contribution in [0.25, 0.3) is 0 Å². The van der Waals surface area contributed by atoms with Gasteiger partial charge in [0.25, 0.3) is 17.8 Å². The molecule has 3 aromatic rings. The summed E-state index contributed by atoms with van der Waals surface area (Å²) in [4.78, 5) is 29.6. The van der Waals surface area contributed by atoms with E-state index in [-0.39, 0.29) is 39.2 Å². The monoisotopic (exact) mass is 618 g/mol. The van der Waals surface area contributed by atoms with Gasteiger partial charge in [0.15, 0.2) is 0 Å². The number of ether oxygens (including phenoxy) is 1. The van der Waals surface area contributed by atoms with Crippen molar-refractivity contribution in [3.8, 4) is 0 Å². The van der Waals surface area contributed by atoms with Gasteiger partial charge in [0, 0.05) is 38.7 Å². The minimum Gasteiger partial charge on any atom is -0.450 e. The van der Waals surface area contributed by atoms with Crippen molar-refractivity contribution in [3.63, 3.8) is 0 Å². The van der Waals surface area contributed by atoms with Gasteiger partial charge < -0.3 is 20.7 Å². The predicted molar refractivity (Wildman–Crippen MR) is 133 cm³/mol. The third kappa shape index (κ3) is 5.82. The Balaban J connectivity index is 1.57. The topological polar surface area (TPSA) is 91.8 Å². The predicted octanol–water partition coefficient (Wildman–Crippen LogP) is 6.45. The van der Waals surface area contributed by atoms with Crippen LogP contribution in [0.15, 0.2) is 53.5 Å². The first-order chi connectivity index (χ1) is 19.6. The molecule has 3 N–H and O–H groups in total. The number of nitrogens with zero attached hydrogens (tertiary/aromatic N) is 1. The van der Waals surface area contributed by atoms with Crippen LogP contribution in [0.1, 0.15) is 43.4 Å². The average Bonchev–Trinajstić information content (AvgIpc) is 3.49. The standard InChI is InChI=1S/C26H15ClF8N4O3/c27-17-2-1-12(28)6-15(17)21-20-16(23(41)39-21)7-14(37-24-36-9-19(42-24)26(33,34)35)8-18(20)38-22(40)10-3-11(25(30,31)32)5-13(29)4-10/h1-8,19,21H,9H2,(H,36,37)(H,38,40)(H,39,41)/t19-,21-/m1/s1. The summed E-state index contributed by atoms with van der Waals surface area (Å²) in [6.45, 7) is -0.748. The van der Waals surface area contributed by atoms with Gasteiger partial charge in [0.1, 0.15) is 11.6 Å². The number of carbonyl (C=O) groups excluding carboxylic acids is 2. The molecule has 0 bridgehead atoms. The van der Waals surface area contributed by atoms with Crippen LogP contribution in [0.4, 0.5) is 46.5 Å². The van der Waals surface area contributed by atoms with Gasteiger partial charge in [0.05, 0.1) is 18.2 Å². The number of aliphatic imine (C=N–C) groups is 1. The number of fused-ring (bicyclic) bond motifs is 1. The molecule has 3 aromatic carbocycles. The molecule has 0 aliphatic carbocycles. The molecule has 2 aliphatic heterocycles. The summed E-state index contributed by atoms with van der Waals surface area (Å²) in [7, 11) is 0. The van der Waals surface area contributed by atoms with Crippen molar-refractivity contribution >= 4 is 40.8 Å². The lowest BCUT2D eigenvalue weighted by Gasteiger charge is -2.20. The molecule has 7 nitrogen and oxygen atoms in total. The molecule has 0 fully saturated rings. The first-order valence-electron chi connectivity index (χ1n) is 11.8. The number of amides is 2. The van der Waals surface area contributed by atoms with Crippen LogP contribution < -0.4 is 16.0 Å². The number of hydrogen-bond donors (Lipinski definition) is 3. The first-order valence-corrected chi connectivity index (χ1v) is 12.2. The van der Waals surface area contributed by atoms with Crippen LogP contribution in [-0.2, 0) is 10.9 Å². The average molecular weight is 619 g/mol. The quantitative estimate of drug-likeness (QED) is 0.293. The fourth-order valence-corrected chi connectivity index (χ4v) is 4.62. The Morgan fingerprint density at radius 2 is 1.74 bits per heavy atom.